The molecule has 66 valence electrons. The van der Waals surface area contributed by atoms with E-state index in [1.807, 2.05) is 12.1 Å². The third-order valence-corrected chi connectivity index (χ3v) is 3.44. The van der Waals surface area contributed by atoms with Crippen LogP contribution in [0.15, 0.2) is 12.1 Å². The van der Waals surface area contributed by atoms with E-state index in [0.717, 1.165) is 18.4 Å². The number of halogens is 1. The Kier molecular flexibility index (Phi) is 2.26. The Hall–Kier alpha value is -0.600. The van der Waals surface area contributed by atoms with Gasteiger partial charge in [-0.3, -0.25) is 0 Å². The number of nitriles is 1. The van der Waals surface area contributed by atoms with Crippen LogP contribution in [0.25, 0.3) is 0 Å². The molecular formula is C10H9IN2. The van der Waals surface area contributed by atoms with E-state index in [1.165, 1.54) is 14.7 Å². The molecule has 2 nitrogen and oxygen atoms in total. The van der Waals surface area contributed by atoms with E-state index in [0.29, 0.717) is 0 Å². The average molecular weight is 284 g/mol. The van der Waals surface area contributed by atoms with Gasteiger partial charge in [-0.25, -0.2) is 0 Å². The third-order valence-electron chi connectivity index (χ3n) is 2.50. The molecule has 0 fully saturated rings. The molecule has 1 atom stereocenters. The summed E-state index contributed by atoms with van der Waals surface area (Å²) in [4.78, 5) is 0. The van der Waals surface area contributed by atoms with Crippen molar-refractivity contribution in [1.82, 2.24) is 0 Å². The molecule has 0 spiro atoms. The number of fused-ring (bicyclic) bond motifs is 1. The zero-order valence-electron chi connectivity index (χ0n) is 7.05. The highest BCUT2D eigenvalue weighted by Gasteiger charge is 2.23. The van der Waals surface area contributed by atoms with Crippen molar-refractivity contribution in [1.29, 1.82) is 5.26 Å². The highest BCUT2D eigenvalue weighted by Crippen LogP contribution is 2.34. The molecule has 1 aliphatic rings. The second-order valence-corrected chi connectivity index (χ2v) is 4.41. The number of hydrogen-bond acceptors (Lipinski definition) is 2. The van der Waals surface area contributed by atoms with E-state index in [9.17, 15) is 0 Å². The third kappa shape index (κ3) is 1.34. The van der Waals surface area contributed by atoms with Gasteiger partial charge in [0.15, 0.2) is 0 Å². The highest BCUT2D eigenvalue weighted by atomic mass is 127. The van der Waals surface area contributed by atoms with Crippen molar-refractivity contribution in [2.24, 2.45) is 5.73 Å². The van der Waals surface area contributed by atoms with Crippen LogP contribution in [0.1, 0.15) is 29.2 Å². The minimum absolute atomic E-state index is 0.134. The van der Waals surface area contributed by atoms with Crippen molar-refractivity contribution in [2.75, 3.05) is 0 Å². The highest BCUT2D eigenvalue weighted by molar-refractivity contribution is 14.1. The first-order chi connectivity index (χ1) is 6.24. The molecule has 0 aromatic heterocycles. The van der Waals surface area contributed by atoms with Gasteiger partial charge >= 0.3 is 0 Å². The average Bonchev–Trinajstić information content (AvgIpc) is 2.50. The second kappa shape index (κ2) is 3.28. The first-order valence-corrected chi connectivity index (χ1v) is 5.29. The Morgan fingerprint density at radius 1 is 1.54 bits per heavy atom. The van der Waals surface area contributed by atoms with Crippen LogP contribution in [0.5, 0.6) is 0 Å². The van der Waals surface area contributed by atoms with Crippen LogP contribution in [0.4, 0.5) is 0 Å². The Morgan fingerprint density at radius 2 is 2.31 bits per heavy atom. The second-order valence-electron chi connectivity index (χ2n) is 3.24. The largest absolute Gasteiger partial charge is 0.324 e. The topological polar surface area (TPSA) is 49.8 Å². The smallest absolute Gasteiger partial charge is 0.0994 e. The van der Waals surface area contributed by atoms with Crippen LogP contribution in [0, 0.1) is 14.9 Å². The molecule has 0 amide bonds. The fourth-order valence-electron chi connectivity index (χ4n) is 1.86. The standard InChI is InChI=1S/C10H9IN2/c11-8-3-1-6(5-12)7-2-4-9(13)10(7)8/h1,3,9H,2,4,13H2/t9-/m1/s1. The van der Waals surface area contributed by atoms with Crippen LogP contribution < -0.4 is 5.73 Å². The fraction of sp³-hybridized carbons (Fsp3) is 0.300. The van der Waals surface area contributed by atoms with Crippen LogP contribution in [0.2, 0.25) is 0 Å². The molecule has 0 bridgehead atoms. The summed E-state index contributed by atoms with van der Waals surface area (Å²) in [5, 5.41) is 8.89. The van der Waals surface area contributed by atoms with Gasteiger partial charge in [-0.05, 0) is 58.7 Å². The summed E-state index contributed by atoms with van der Waals surface area (Å²) in [6.45, 7) is 0. The summed E-state index contributed by atoms with van der Waals surface area (Å²) in [5.41, 5.74) is 9.11. The molecule has 1 aliphatic carbocycles. The van der Waals surface area contributed by atoms with Gasteiger partial charge in [0, 0.05) is 9.61 Å². The zero-order valence-corrected chi connectivity index (χ0v) is 9.21. The van der Waals surface area contributed by atoms with Crippen LogP contribution >= 0.6 is 22.6 Å². The molecule has 0 saturated carbocycles. The van der Waals surface area contributed by atoms with Crippen LogP contribution in [-0.2, 0) is 6.42 Å². The molecule has 0 radical (unpaired) electrons. The lowest BCUT2D eigenvalue weighted by Gasteiger charge is -2.07. The van der Waals surface area contributed by atoms with Crippen molar-refractivity contribution >= 4 is 22.6 Å². The van der Waals surface area contributed by atoms with Gasteiger partial charge in [0.05, 0.1) is 11.6 Å². The van der Waals surface area contributed by atoms with Crippen molar-refractivity contribution in [3.05, 3.63) is 32.4 Å². The van der Waals surface area contributed by atoms with Gasteiger partial charge < -0.3 is 5.73 Å². The Morgan fingerprint density at radius 3 is 3.00 bits per heavy atom. The summed E-state index contributed by atoms with van der Waals surface area (Å²) in [6.07, 6.45) is 1.93. The van der Waals surface area contributed by atoms with Crippen molar-refractivity contribution in [3.8, 4) is 6.07 Å². The molecule has 0 heterocycles. The van der Waals surface area contributed by atoms with E-state index in [4.69, 9.17) is 11.0 Å². The predicted octanol–water partition coefficient (Wildman–Crippen LogP) is 2.11. The van der Waals surface area contributed by atoms with Gasteiger partial charge in [0.25, 0.3) is 0 Å². The van der Waals surface area contributed by atoms with E-state index < -0.39 is 0 Å². The maximum atomic E-state index is 8.89. The molecule has 2 rings (SSSR count). The lowest BCUT2D eigenvalue weighted by molar-refractivity contribution is 0.711. The SMILES string of the molecule is N#Cc1ccc(I)c2c1CC[C@H]2N. The molecule has 3 heteroatoms. The molecule has 0 saturated heterocycles. The molecule has 0 aliphatic heterocycles. The van der Waals surface area contributed by atoms with Gasteiger partial charge in [0.1, 0.15) is 0 Å². The zero-order chi connectivity index (χ0) is 9.42. The maximum absolute atomic E-state index is 8.89. The Labute approximate surface area is 90.9 Å². The summed E-state index contributed by atoms with van der Waals surface area (Å²) in [7, 11) is 0. The fourth-order valence-corrected chi connectivity index (χ4v) is 2.76. The van der Waals surface area contributed by atoms with E-state index in [1.54, 1.807) is 0 Å². The van der Waals surface area contributed by atoms with Gasteiger partial charge in [-0.1, -0.05) is 0 Å². The minimum atomic E-state index is 0.134. The minimum Gasteiger partial charge on any atom is -0.324 e. The monoisotopic (exact) mass is 284 g/mol. The Balaban J connectivity index is 2.67. The van der Waals surface area contributed by atoms with Crippen molar-refractivity contribution in [2.45, 2.75) is 18.9 Å². The first kappa shape index (κ1) is 8.97. The quantitative estimate of drug-likeness (QED) is 0.742. The lowest BCUT2D eigenvalue weighted by atomic mass is 10.0. The van der Waals surface area contributed by atoms with Gasteiger partial charge in [0.2, 0.25) is 0 Å². The number of benzene rings is 1. The van der Waals surface area contributed by atoms with E-state index in [2.05, 4.69) is 28.7 Å². The lowest BCUT2D eigenvalue weighted by Crippen LogP contribution is -2.07. The van der Waals surface area contributed by atoms with Gasteiger partial charge in [-0.2, -0.15) is 5.26 Å². The van der Waals surface area contributed by atoms with E-state index in [-0.39, 0.29) is 6.04 Å². The molecular weight excluding hydrogens is 275 g/mol. The predicted molar refractivity (Wildman–Crippen MR) is 59.1 cm³/mol. The number of hydrogen-bond donors (Lipinski definition) is 1. The Bertz CT molecular complexity index is 393. The van der Waals surface area contributed by atoms with Crippen LogP contribution in [-0.4, -0.2) is 0 Å². The first-order valence-electron chi connectivity index (χ1n) is 4.21. The summed E-state index contributed by atoms with van der Waals surface area (Å²) in [5.74, 6) is 0. The molecule has 0 unspecified atom stereocenters. The summed E-state index contributed by atoms with van der Waals surface area (Å²) < 4.78 is 1.19. The van der Waals surface area contributed by atoms with Crippen molar-refractivity contribution < 1.29 is 0 Å². The normalized spacial score (nSPS) is 19.6. The van der Waals surface area contributed by atoms with Crippen molar-refractivity contribution in [3.63, 3.8) is 0 Å². The number of rotatable bonds is 0. The maximum Gasteiger partial charge on any atom is 0.0994 e. The van der Waals surface area contributed by atoms with E-state index >= 15 is 0 Å². The van der Waals surface area contributed by atoms with Gasteiger partial charge in [-0.15, -0.1) is 0 Å². The molecule has 2 N–H and O–H groups in total. The summed E-state index contributed by atoms with van der Waals surface area (Å²) >= 11 is 2.28. The number of nitrogens with two attached hydrogens (primary N) is 1. The van der Waals surface area contributed by atoms with Crippen LogP contribution in [0.3, 0.4) is 0 Å². The number of nitrogens with zero attached hydrogens (tertiary/aromatic N) is 1. The molecule has 13 heavy (non-hydrogen) atoms. The summed E-state index contributed by atoms with van der Waals surface area (Å²) in [6, 6.07) is 6.21. The molecule has 1 aromatic carbocycles. The molecule has 1 aromatic rings.